The van der Waals surface area contributed by atoms with Crippen LogP contribution in [0, 0.1) is 3.57 Å². The maximum atomic E-state index is 6.16. The summed E-state index contributed by atoms with van der Waals surface area (Å²) in [5, 5.41) is 3.20. The third kappa shape index (κ3) is 2.77. The molecule has 2 rings (SSSR count). The van der Waals surface area contributed by atoms with Crippen LogP contribution in [0.1, 0.15) is 26.5 Å². The molecule has 3 nitrogen and oxygen atoms in total. The fraction of sp³-hybridized carbons (Fsp3) is 0.364. The smallest absolute Gasteiger partial charge is 0.190 e. The largest absolute Gasteiger partial charge is 0.241 e. The summed E-state index contributed by atoms with van der Waals surface area (Å²) in [6.45, 7) is 6.33. The van der Waals surface area contributed by atoms with Crippen molar-refractivity contribution in [2.24, 2.45) is 0 Å². The number of hydrogen-bond donors (Lipinski definition) is 0. The average molecular weight is 380 g/mol. The van der Waals surface area contributed by atoms with Crippen molar-refractivity contribution in [3.63, 3.8) is 0 Å². The Kier molecular flexibility index (Phi) is 3.70. The molecule has 0 radical (unpaired) electrons. The van der Waals surface area contributed by atoms with Crippen molar-refractivity contribution in [1.82, 2.24) is 15.0 Å². The van der Waals surface area contributed by atoms with E-state index in [1.54, 1.807) is 6.20 Å². The molecule has 0 spiro atoms. The number of rotatable bonds is 1. The van der Waals surface area contributed by atoms with Crippen LogP contribution in [-0.4, -0.2) is 15.0 Å². The zero-order valence-corrected chi connectivity index (χ0v) is 13.4. The second-order valence-corrected chi connectivity index (χ2v) is 6.92. The first-order valence-electron chi connectivity index (χ1n) is 5.03. The van der Waals surface area contributed by atoms with Crippen LogP contribution in [-0.2, 0) is 5.41 Å². The third-order valence-electron chi connectivity index (χ3n) is 2.14. The third-order valence-corrected chi connectivity index (χ3v) is 4.53. The van der Waals surface area contributed by atoms with E-state index >= 15 is 0 Å². The summed E-state index contributed by atoms with van der Waals surface area (Å²) in [6, 6.07) is 0. The van der Waals surface area contributed by atoms with Gasteiger partial charge in [0.05, 0.1) is 9.26 Å². The lowest BCUT2D eigenvalue weighted by Gasteiger charge is -2.20. The van der Waals surface area contributed by atoms with E-state index in [1.807, 2.05) is 5.38 Å². The highest BCUT2D eigenvalue weighted by atomic mass is 127. The van der Waals surface area contributed by atoms with Gasteiger partial charge in [0.1, 0.15) is 5.15 Å². The van der Waals surface area contributed by atoms with Gasteiger partial charge in [0.25, 0.3) is 0 Å². The van der Waals surface area contributed by atoms with Crippen LogP contribution in [0.2, 0.25) is 5.15 Å². The molecule has 0 aromatic carbocycles. The van der Waals surface area contributed by atoms with Crippen molar-refractivity contribution in [3.05, 3.63) is 26.0 Å². The second kappa shape index (κ2) is 4.78. The number of nitrogens with zero attached hydrogens (tertiary/aromatic N) is 3. The van der Waals surface area contributed by atoms with Crippen molar-refractivity contribution in [1.29, 1.82) is 0 Å². The number of halogens is 2. The molecule has 0 atom stereocenters. The molecule has 90 valence electrons. The molecule has 0 saturated heterocycles. The monoisotopic (exact) mass is 379 g/mol. The summed E-state index contributed by atoms with van der Waals surface area (Å²) >= 11 is 9.86. The van der Waals surface area contributed by atoms with Crippen molar-refractivity contribution in [2.45, 2.75) is 26.2 Å². The van der Waals surface area contributed by atoms with E-state index in [0.717, 1.165) is 14.3 Å². The summed E-state index contributed by atoms with van der Waals surface area (Å²) in [5.74, 6) is 0.607. The highest BCUT2D eigenvalue weighted by Gasteiger charge is 2.23. The lowest BCUT2D eigenvalue weighted by atomic mass is 9.92. The molecule has 0 fully saturated rings. The SMILES string of the molecule is CC(C)(C)c1nc(-c2nccs2)nc(Cl)c1I. The Labute approximate surface area is 123 Å². The van der Waals surface area contributed by atoms with Crippen LogP contribution in [0.25, 0.3) is 10.8 Å². The molecule has 0 saturated carbocycles. The number of thiazole rings is 1. The quantitative estimate of drug-likeness (QED) is 0.552. The van der Waals surface area contributed by atoms with Crippen LogP contribution >= 0.6 is 45.5 Å². The molecule has 0 unspecified atom stereocenters. The molecule has 0 N–H and O–H groups in total. The first-order valence-corrected chi connectivity index (χ1v) is 7.36. The van der Waals surface area contributed by atoms with Crippen molar-refractivity contribution < 1.29 is 0 Å². The Hall–Kier alpha value is -0.270. The molecular formula is C11H11ClIN3S. The fourth-order valence-corrected chi connectivity index (χ4v) is 3.14. The summed E-state index contributed by atoms with van der Waals surface area (Å²) in [6.07, 6.45) is 1.74. The molecule has 2 heterocycles. The molecule has 6 heteroatoms. The Morgan fingerprint density at radius 2 is 2.00 bits per heavy atom. The predicted molar refractivity (Wildman–Crippen MR) is 79.6 cm³/mol. The van der Waals surface area contributed by atoms with Crippen LogP contribution in [0.4, 0.5) is 0 Å². The maximum Gasteiger partial charge on any atom is 0.190 e. The average Bonchev–Trinajstić information content (AvgIpc) is 2.73. The van der Waals surface area contributed by atoms with Gasteiger partial charge in [-0.15, -0.1) is 11.3 Å². The second-order valence-electron chi connectivity index (χ2n) is 4.59. The normalized spacial score (nSPS) is 11.8. The van der Waals surface area contributed by atoms with Gasteiger partial charge in [0.2, 0.25) is 0 Å². The summed E-state index contributed by atoms with van der Waals surface area (Å²) < 4.78 is 0.914. The molecule has 2 aromatic heterocycles. The van der Waals surface area contributed by atoms with E-state index < -0.39 is 0 Å². The maximum absolute atomic E-state index is 6.16. The molecule has 17 heavy (non-hydrogen) atoms. The van der Waals surface area contributed by atoms with Crippen molar-refractivity contribution >= 4 is 45.5 Å². The Morgan fingerprint density at radius 1 is 1.29 bits per heavy atom. The Balaban J connectivity index is 2.62. The summed E-state index contributed by atoms with van der Waals surface area (Å²) in [7, 11) is 0. The minimum absolute atomic E-state index is 0.0604. The summed E-state index contributed by atoms with van der Waals surface area (Å²) in [5.41, 5.74) is 0.901. The zero-order valence-electron chi connectivity index (χ0n) is 9.66. The van der Waals surface area contributed by atoms with Gasteiger partial charge in [-0.25, -0.2) is 15.0 Å². The Morgan fingerprint density at radius 3 is 2.53 bits per heavy atom. The topological polar surface area (TPSA) is 38.7 Å². The van der Waals surface area contributed by atoms with Crippen molar-refractivity contribution in [3.8, 4) is 10.8 Å². The number of aromatic nitrogens is 3. The molecule has 0 bridgehead atoms. The van der Waals surface area contributed by atoms with Gasteiger partial charge in [-0.2, -0.15) is 0 Å². The van der Waals surface area contributed by atoms with E-state index in [1.165, 1.54) is 11.3 Å². The molecule has 0 aliphatic carbocycles. The minimum atomic E-state index is -0.0604. The lowest BCUT2D eigenvalue weighted by Crippen LogP contribution is -2.17. The van der Waals surface area contributed by atoms with Crippen LogP contribution in [0.5, 0.6) is 0 Å². The van der Waals surface area contributed by atoms with Gasteiger partial charge in [0.15, 0.2) is 10.8 Å². The Bertz CT molecular complexity index is 534. The van der Waals surface area contributed by atoms with E-state index in [-0.39, 0.29) is 5.41 Å². The van der Waals surface area contributed by atoms with Gasteiger partial charge >= 0.3 is 0 Å². The van der Waals surface area contributed by atoms with E-state index in [0.29, 0.717) is 11.0 Å². The molecule has 0 aliphatic rings. The standard InChI is InChI=1S/C11H11ClIN3S/c1-11(2,3)7-6(13)8(12)16-9(15-7)10-14-4-5-17-10/h4-5H,1-3H3. The van der Waals surface area contributed by atoms with E-state index in [9.17, 15) is 0 Å². The first kappa shape index (κ1) is 13.2. The van der Waals surface area contributed by atoms with Gasteiger partial charge in [-0.05, 0) is 22.6 Å². The van der Waals surface area contributed by atoms with Gasteiger partial charge in [0, 0.05) is 17.0 Å². The summed E-state index contributed by atoms with van der Waals surface area (Å²) in [4.78, 5) is 13.1. The lowest BCUT2D eigenvalue weighted by molar-refractivity contribution is 0.563. The van der Waals surface area contributed by atoms with Crippen LogP contribution in [0.3, 0.4) is 0 Å². The predicted octanol–water partition coefficient (Wildman–Crippen LogP) is 4.16. The van der Waals surface area contributed by atoms with Crippen LogP contribution < -0.4 is 0 Å². The van der Waals surface area contributed by atoms with E-state index in [4.69, 9.17) is 11.6 Å². The first-order chi connectivity index (χ1) is 7.89. The molecule has 0 aliphatic heterocycles. The van der Waals surface area contributed by atoms with E-state index in [2.05, 4.69) is 58.3 Å². The zero-order chi connectivity index (χ0) is 12.6. The van der Waals surface area contributed by atoms with Gasteiger partial charge in [-0.3, -0.25) is 0 Å². The molecular weight excluding hydrogens is 369 g/mol. The minimum Gasteiger partial charge on any atom is -0.241 e. The fourth-order valence-electron chi connectivity index (χ4n) is 1.35. The molecule has 2 aromatic rings. The van der Waals surface area contributed by atoms with Crippen molar-refractivity contribution in [2.75, 3.05) is 0 Å². The number of hydrogen-bond acceptors (Lipinski definition) is 4. The van der Waals surface area contributed by atoms with Gasteiger partial charge < -0.3 is 0 Å². The highest BCUT2D eigenvalue weighted by Crippen LogP contribution is 2.31. The van der Waals surface area contributed by atoms with Gasteiger partial charge in [-0.1, -0.05) is 32.4 Å². The van der Waals surface area contributed by atoms with Crippen LogP contribution in [0.15, 0.2) is 11.6 Å². The molecule has 0 amide bonds. The highest BCUT2D eigenvalue weighted by molar-refractivity contribution is 14.1.